The van der Waals surface area contributed by atoms with Gasteiger partial charge in [0.25, 0.3) is 0 Å². The minimum Gasteiger partial charge on any atom is -0.480 e. The molecule has 0 fully saturated rings. The first kappa shape index (κ1) is 17.7. The van der Waals surface area contributed by atoms with E-state index in [0.29, 0.717) is 5.69 Å². The lowest BCUT2D eigenvalue weighted by atomic mass is 10.1. The molecule has 0 aliphatic rings. The number of hydrogen-bond donors (Lipinski definition) is 1. The van der Waals surface area contributed by atoms with E-state index in [9.17, 15) is 19.1 Å². The van der Waals surface area contributed by atoms with Crippen molar-refractivity contribution in [3.05, 3.63) is 65.5 Å². The molecule has 0 radical (unpaired) electrons. The number of anilines is 1. The first-order valence-electron chi connectivity index (χ1n) is 7.79. The molecule has 0 spiro atoms. The zero-order valence-electron chi connectivity index (χ0n) is 13.7. The van der Waals surface area contributed by atoms with E-state index in [-0.39, 0.29) is 18.4 Å². The van der Waals surface area contributed by atoms with E-state index >= 15 is 0 Å². The Hall–Kier alpha value is -2.69. The summed E-state index contributed by atoms with van der Waals surface area (Å²) >= 11 is 0. The molecule has 0 aliphatic carbocycles. The summed E-state index contributed by atoms with van der Waals surface area (Å²) in [6.07, 6.45) is 0.0669. The summed E-state index contributed by atoms with van der Waals surface area (Å²) in [6, 6.07) is 12.1. The Morgan fingerprint density at radius 3 is 2.33 bits per heavy atom. The Labute approximate surface area is 140 Å². The van der Waals surface area contributed by atoms with Crippen LogP contribution >= 0.6 is 0 Å². The fourth-order valence-corrected chi connectivity index (χ4v) is 2.67. The summed E-state index contributed by atoms with van der Waals surface area (Å²) in [4.78, 5) is 25.7. The van der Waals surface area contributed by atoms with Gasteiger partial charge in [0.15, 0.2) is 0 Å². The van der Waals surface area contributed by atoms with Gasteiger partial charge in [-0.15, -0.1) is 0 Å². The molecule has 1 amide bonds. The maximum absolute atomic E-state index is 13.8. The number of amides is 1. The van der Waals surface area contributed by atoms with Crippen molar-refractivity contribution in [3.63, 3.8) is 0 Å². The number of rotatable bonds is 6. The Kier molecular flexibility index (Phi) is 5.68. The van der Waals surface area contributed by atoms with Crippen LogP contribution in [0.25, 0.3) is 0 Å². The Morgan fingerprint density at radius 1 is 1.12 bits per heavy atom. The lowest BCUT2D eigenvalue weighted by Gasteiger charge is -2.30. The van der Waals surface area contributed by atoms with Crippen molar-refractivity contribution in [2.24, 2.45) is 0 Å². The molecule has 1 atom stereocenters. The highest BCUT2D eigenvalue weighted by Crippen LogP contribution is 2.25. The van der Waals surface area contributed by atoms with Gasteiger partial charge in [0.05, 0.1) is 6.42 Å². The standard InChI is InChI=1S/C19H20FNO3/c1-3-16(19(23)24)21(17-11-7-4-8-13(17)2)18(22)12-14-9-5-6-10-15(14)20/h4-11,16H,3,12H2,1-2H3,(H,23,24). The molecule has 4 nitrogen and oxygen atoms in total. The third kappa shape index (κ3) is 3.79. The second-order valence-electron chi connectivity index (χ2n) is 5.58. The SMILES string of the molecule is CCC(C(=O)O)N(C(=O)Cc1ccccc1F)c1ccccc1C. The summed E-state index contributed by atoms with van der Waals surface area (Å²) < 4.78 is 13.8. The number of benzene rings is 2. The highest BCUT2D eigenvalue weighted by Gasteiger charge is 2.30. The molecule has 0 aromatic heterocycles. The molecule has 0 aliphatic heterocycles. The molecule has 5 heteroatoms. The minimum absolute atomic E-state index is 0.190. The number of carbonyl (C=O) groups excluding carboxylic acids is 1. The monoisotopic (exact) mass is 329 g/mol. The largest absolute Gasteiger partial charge is 0.480 e. The van der Waals surface area contributed by atoms with Gasteiger partial charge in [-0.2, -0.15) is 0 Å². The smallest absolute Gasteiger partial charge is 0.326 e. The first-order valence-corrected chi connectivity index (χ1v) is 7.79. The van der Waals surface area contributed by atoms with Crippen molar-refractivity contribution in [2.45, 2.75) is 32.7 Å². The van der Waals surface area contributed by atoms with Crippen molar-refractivity contribution in [1.82, 2.24) is 0 Å². The van der Waals surface area contributed by atoms with Crippen molar-refractivity contribution >= 4 is 17.6 Å². The van der Waals surface area contributed by atoms with Crippen LogP contribution in [0.1, 0.15) is 24.5 Å². The van der Waals surface area contributed by atoms with Gasteiger partial charge in [-0.1, -0.05) is 43.3 Å². The number of para-hydroxylation sites is 1. The number of hydrogen-bond acceptors (Lipinski definition) is 2. The number of nitrogens with zero attached hydrogens (tertiary/aromatic N) is 1. The molecule has 2 rings (SSSR count). The third-order valence-corrected chi connectivity index (χ3v) is 3.93. The Morgan fingerprint density at radius 2 is 1.75 bits per heavy atom. The summed E-state index contributed by atoms with van der Waals surface area (Å²) in [5.41, 5.74) is 1.58. The second kappa shape index (κ2) is 7.73. The molecule has 1 N–H and O–H groups in total. The number of carboxylic acid groups (broad SMARTS) is 1. The highest BCUT2D eigenvalue weighted by atomic mass is 19.1. The third-order valence-electron chi connectivity index (χ3n) is 3.93. The number of carboxylic acids is 1. The average molecular weight is 329 g/mol. The van der Waals surface area contributed by atoms with Crippen LogP contribution in [0.4, 0.5) is 10.1 Å². The molecule has 1 unspecified atom stereocenters. The molecule has 2 aromatic carbocycles. The van der Waals surface area contributed by atoms with E-state index < -0.39 is 23.7 Å². The van der Waals surface area contributed by atoms with Crippen LogP contribution in [0.2, 0.25) is 0 Å². The zero-order valence-corrected chi connectivity index (χ0v) is 13.7. The van der Waals surface area contributed by atoms with Gasteiger partial charge in [0.2, 0.25) is 5.91 Å². The maximum atomic E-state index is 13.8. The van der Waals surface area contributed by atoms with Gasteiger partial charge >= 0.3 is 5.97 Å². The van der Waals surface area contributed by atoms with Gasteiger partial charge in [0, 0.05) is 5.69 Å². The quantitative estimate of drug-likeness (QED) is 0.881. The van der Waals surface area contributed by atoms with Crippen LogP contribution in [0.5, 0.6) is 0 Å². The number of carbonyl (C=O) groups is 2. The average Bonchev–Trinajstić information content (AvgIpc) is 2.55. The maximum Gasteiger partial charge on any atom is 0.326 e. The van der Waals surface area contributed by atoms with E-state index in [4.69, 9.17) is 0 Å². The Bertz CT molecular complexity index is 745. The van der Waals surface area contributed by atoms with E-state index in [2.05, 4.69) is 0 Å². The topological polar surface area (TPSA) is 57.6 Å². The number of halogens is 1. The van der Waals surface area contributed by atoms with Gasteiger partial charge in [0.1, 0.15) is 11.9 Å². The van der Waals surface area contributed by atoms with Crippen LogP contribution in [0.15, 0.2) is 48.5 Å². The first-order chi connectivity index (χ1) is 11.5. The van der Waals surface area contributed by atoms with E-state index in [0.717, 1.165) is 5.56 Å². The zero-order chi connectivity index (χ0) is 17.7. The van der Waals surface area contributed by atoms with E-state index in [1.165, 1.54) is 17.0 Å². The lowest BCUT2D eigenvalue weighted by molar-refractivity contribution is -0.140. The molecular weight excluding hydrogens is 309 g/mol. The summed E-state index contributed by atoms with van der Waals surface area (Å²) in [5.74, 6) is -2.00. The molecular formula is C19H20FNO3. The van der Waals surface area contributed by atoms with Crippen molar-refractivity contribution in [1.29, 1.82) is 0 Å². The summed E-state index contributed by atoms with van der Waals surface area (Å²) in [5, 5.41) is 9.50. The lowest BCUT2D eigenvalue weighted by Crippen LogP contribution is -2.46. The van der Waals surface area contributed by atoms with Crippen molar-refractivity contribution in [2.75, 3.05) is 4.90 Å². The predicted octanol–water partition coefficient (Wildman–Crippen LogP) is 3.57. The van der Waals surface area contributed by atoms with E-state index in [1.54, 1.807) is 31.2 Å². The highest BCUT2D eigenvalue weighted by molar-refractivity contribution is 6.00. The molecule has 0 saturated heterocycles. The van der Waals surface area contributed by atoms with Crippen molar-refractivity contribution < 1.29 is 19.1 Å². The molecule has 0 saturated carbocycles. The van der Waals surface area contributed by atoms with Gasteiger partial charge in [-0.05, 0) is 36.6 Å². The number of aliphatic carboxylic acids is 1. The van der Waals surface area contributed by atoms with Crippen LogP contribution in [0.3, 0.4) is 0 Å². The molecule has 24 heavy (non-hydrogen) atoms. The van der Waals surface area contributed by atoms with Gasteiger partial charge in [-0.3, -0.25) is 9.69 Å². The molecule has 2 aromatic rings. The van der Waals surface area contributed by atoms with Crippen LogP contribution in [-0.4, -0.2) is 23.0 Å². The van der Waals surface area contributed by atoms with Crippen molar-refractivity contribution in [3.8, 4) is 0 Å². The van der Waals surface area contributed by atoms with Crippen LogP contribution in [0, 0.1) is 12.7 Å². The van der Waals surface area contributed by atoms with Gasteiger partial charge < -0.3 is 5.11 Å². The fraction of sp³-hybridized carbons (Fsp3) is 0.263. The summed E-state index contributed by atoms with van der Waals surface area (Å²) in [7, 11) is 0. The fourth-order valence-electron chi connectivity index (χ4n) is 2.67. The molecule has 0 heterocycles. The predicted molar refractivity (Wildman–Crippen MR) is 90.5 cm³/mol. The van der Waals surface area contributed by atoms with E-state index in [1.807, 2.05) is 19.1 Å². The molecule has 126 valence electrons. The van der Waals surface area contributed by atoms with Gasteiger partial charge in [-0.25, -0.2) is 9.18 Å². The minimum atomic E-state index is -1.08. The Balaban J connectivity index is 2.42. The normalized spacial score (nSPS) is 11.8. The van der Waals surface area contributed by atoms with Crippen LogP contribution in [-0.2, 0) is 16.0 Å². The molecule has 0 bridgehead atoms. The van der Waals surface area contributed by atoms with Crippen LogP contribution < -0.4 is 4.90 Å². The number of aryl methyl sites for hydroxylation is 1. The summed E-state index contributed by atoms with van der Waals surface area (Å²) in [6.45, 7) is 3.52. The second-order valence-corrected chi connectivity index (χ2v) is 5.58.